The molecular formula is C21H22FN7. The van der Waals surface area contributed by atoms with Crippen LogP contribution in [0.25, 0.3) is 17.1 Å². The Morgan fingerprint density at radius 2 is 1.79 bits per heavy atom. The molecule has 0 amide bonds. The molecule has 3 aromatic heterocycles. The second-order valence-corrected chi connectivity index (χ2v) is 6.89. The molecule has 0 unspecified atom stereocenters. The first-order valence-corrected chi connectivity index (χ1v) is 9.40. The Bertz CT molecular complexity index is 1160. The van der Waals surface area contributed by atoms with E-state index < -0.39 is 0 Å². The van der Waals surface area contributed by atoms with Gasteiger partial charge in [-0.05, 0) is 50.6 Å². The molecule has 7 nitrogen and oxygen atoms in total. The highest BCUT2D eigenvalue weighted by molar-refractivity contribution is 5.72. The summed E-state index contributed by atoms with van der Waals surface area (Å²) in [5.74, 6) is 1.76. The van der Waals surface area contributed by atoms with E-state index in [2.05, 4.69) is 32.4 Å². The van der Waals surface area contributed by atoms with E-state index in [4.69, 9.17) is 0 Å². The van der Waals surface area contributed by atoms with Crippen molar-refractivity contribution in [3.63, 3.8) is 0 Å². The highest BCUT2D eigenvalue weighted by Crippen LogP contribution is 2.31. The maximum Gasteiger partial charge on any atom is 0.159 e. The van der Waals surface area contributed by atoms with Crippen LogP contribution in [0.1, 0.15) is 23.9 Å². The topological polar surface area (TPSA) is 73.5 Å². The van der Waals surface area contributed by atoms with Gasteiger partial charge in [-0.25, -0.2) is 19.0 Å². The quantitative estimate of drug-likeness (QED) is 0.554. The molecule has 148 valence electrons. The Morgan fingerprint density at radius 1 is 1.03 bits per heavy atom. The first kappa shape index (κ1) is 18.8. The second kappa shape index (κ2) is 7.46. The number of halogens is 1. The third-order valence-corrected chi connectivity index (χ3v) is 4.74. The summed E-state index contributed by atoms with van der Waals surface area (Å²) in [6.45, 7) is 6.00. The van der Waals surface area contributed by atoms with Gasteiger partial charge in [-0.15, -0.1) is 0 Å². The predicted octanol–water partition coefficient (Wildman–Crippen LogP) is 4.12. The molecule has 0 bridgehead atoms. The minimum atomic E-state index is -0.259. The molecule has 0 radical (unpaired) electrons. The van der Waals surface area contributed by atoms with Crippen molar-refractivity contribution < 1.29 is 4.39 Å². The lowest BCUT2D eigenvalue weighted by molar-refractivity contribution is 0.628. The van der Waals surface area contributed by atoms with Crippen LogP contribution in [0, 0.1) is 19.7 Å². The molecule has 0 fully saturated rings. The molecule has 1 N–H and O–H groups in total. The van der Waals surface area contributed by atoms with Gasteiger partial charge in [0, 0.05) is 29.9 Å². The van der Waals surface area contributed by atoms with Crippen molar-refractivity contribution in [3.05, 3.63) is 65.5 Å². The summed E-state index contributed by atoms with van der Waals surface area (Å²) in [5, 5.41) is 12.4. The Morgan fingerprint density at radius 3 is 2.45 bits per heavy atom. The summed E-state index contributed by atoms with van der Waals surface area (Å²) in [6, 6.07) is 10.3. The molecule has 0 aliphatic rings. The molecule has 1 aromatic carbocycles. The summed E-state index contributed by atoms with van der Waals surface area (Å²) in [6.07, 6.45) is 2.27. The number of nitrogens with one attached hydrogen (secondary N) is 1. The average molecular weight is 391 g/mol. The van der Waals surface area contributed by atoms with Gasteiger partial charge in [-0.3, -0.25) is 4.68 Å². The molecule has 0 spiro atoms. The molecule has 8 heteroatoms. The number of nitrogens with zero attached hydrogens (tertiary/aromatic N) is 6. The summed E-state index contributed by atoms with van der Waals surface area (Å²) < 4.78 is 16.9. The van der Waals surface area contributed by atoms with Crippen molar-refractivity contribution in [2.24, 2.45) is 7.05 Å². The number of hydrogen-bond acceptors (Lipinski definition) is 5. The fourth-order valence-electron chi connectivity index (χ4n) is 3.49. The zero-order valence-corrected chi connectivity index (χ0v) is 16.8. The third-order valence-electron chi connectivity index (χ3n) is 4.74. The molecule has 0 saturated heterocycles. The van der Waals surface area contributed by atoms with Crippen molar-refractivity contribution >= 4 is 11.6 Å². The highest BCUT2D eigenvalue weighted by atomic mass is 19.1. The number of anilines is 2. The normalized spacial score (nSPS) is 11.1. The van der Waals surface area contributed by atoms with Gasteiger partial charge in [0.1, 0.15) is 18.0 Å². The third kappa shape index (κ3) is 3.61. The van der Waals surface area contributed by atoms with Gasteiger partial charge in [0.15, 0.2) is 11.6 Å². The smallest absolute Gasteiger partial charge is 0.159 e. The van der Waals surface area contributed by atoms with Crippen molar-refractivity contribution in [2.75, 3.05) is 5.32 Å². The van der Waals surface area contributed by atoms with Crippen LogP contribution in [0.5, 0.6) is 0 Å². The Kier molecular flexibility index (Phi) is 4.84. The lowest BCUT2D eigenvalue weighted by Gasteiger charge is -2.08. The van der Waals surface area contributed by atoms with Gasteiger partial charge >= 0.3 is 0 Å². The fraction of sp³-hybridized carbons (Fsp3) is 0.238. The lowest BCUT2D eigenvalue weighted by Crippen LogP contribution is -2.05. The van der Waals surface area contributed by atoms with Gasteiger partial charge in [-0.2, -0.15) is 10.2 Å². The van der Waals surface area contributed by atoms with Crippen LogP contribution in [0.2, 0.25) is 0 Å². The minimum Gasteiger partial charge on any atom is -0.323 e. The van der Waals surface area contributed by atoms with Crippen LogP contribution in [0.4, 0.5) is 16.0 Å². The van der Waals surface area contributed by atoms with E-state index in [1.807, 2.05) is 33.0 Å². The van der Waals surface area contributed by atoms with E-state index in [-0.39, 0.29) is 5.82 Å². The maximum atomic E-state index is 13.3. The monoisotopic (exact) mass is 391 g/mol. The van der Waals surface area contributed by atoms with Crippen LogP contribution >= 0.6 is 0 Å². The molecule has 4 rings (SSSR count). The van der Waals surface area contributed by atoms with Gasteiger partial charge in [0.25, 0.3) is 0 Å². The maximum absolute atomic E-state index is 13.3. The number of rotatable bonds is 5. The largest absolute Gasteiger partial charge is 0.323 e. The molecule has 0 atom stereocenters. The van der Waals surface area contributed by atoms with Crippen LogP contribution in [0.15, 0.2) is 42.7 Å². The van der Waals surface area contributed by atoms with Crippen molar-refractivity contribution in [3.8, 4) is 17.1 Å². The van der Waals surface area contributed by atoms with E-state index in [1.54, 1.807) is 21.5 Å². The first-order chi connectivity index (χ1) is 14.0. The van der Waals surface area contributed by atoms with Gasteiger partial charge < -0.3 is 5.32 Å². The molecule has 4 aromatic rings. The predicted molar refractivity (Wildman–Crippen MR) is 110 cm³/mol. The average Bonchev–Trinajstić information content (AvgIpc) is 3.20. The van der Waals surface area contributed by atoms with Crippen LogP contribution in [0.3, 0.4) is 0 Å². The summed E-state index contributed by atoms with van der Waals surface area (Å²) in [5.41, 5.74) is 4.82. The van der Waals surface area contributed by atoms with E-state index >= 15 is 0 Å². The van der Waals surface area contributed by atoms with Gasteiger partial charge in [-0.1, -0.05) is 6.92 Å². The number of hydrogen-bond donors (Lipinski definition) is 1. The summed E-state index contributed by atoms with van der Waals surface area (Å²) in [7, 11) is 1.88. The van der Waals surface area contributed by atoms with E-state index in [0.29, 0.717) is 17.5 Å². The fourth-order valence-corrected chi connectivity index (χ4v) is 3.49. The molecular weight excluding hydrogens is 369 g/mol. The minimum absolute atomic E-state index is 0.259. The Hall–Kier alpha value is -3.55. The number of aryl methyl sites for hydroxylation is 3. The Balaban J connectivity index is 1.70. The van der Waals surface area contributed by atoms with Crippen LogP contribution in [-0.4, -0.2) is 29.5 Å². The van der Waals surface area contributed by atoms with Crippen molar-refractivity contribution in [1.29, 1.82) is 0 Å². The van der Waals surface area contributed by atoms with Crippen LogP contribution in [-0.2, 0) is 13.5 Å². The number of benzene rings is 1. The molecule has 0 saturated carbocycles. The van der Waals surface area contributed by atoms with E-state index in [9.17, 15) is 4.39 Å². The molecule has 29 heavy (non-hydrogen) atoms. The van der Waals surface area contributed by atoms with E-state index in [1.165, 1.54) is 18.5 Å². The van der Waals surface area contributed by atoms with Gasteiger partial charge in [0.05, 0.1) is 11.4 Å². The zero-order valence-electron chi connectivity index (χ0n) is 16.8. The van der Waals surface area contributed by atoms with Crippen LogP contribution < -0.4 is 5.32 Å². The summed E-state index contributed by atoms with van der Waals surface area (Å²) in [4.78, 5) is 8.67. The van der Waals surface area contributed by atoms with Crippen molar-refractivity contribution in [2.45, 2.75) is 27.2 Å². The highest BCUT2D eigenvalue weighted by Gasteiger charge is 2.17. The zero-order chi connectivity index (χ0) is 20.5. The van der Waals surface area contributed by atoms with E-state index in [0.717, 1.165) is 34.6 Å². The second-order valence-electron chi connectivity index (χ2n) is 6.89. The lowest BCUT2D eigenvalue weighted by atomic mass is 10.1. The number of aromatic nitrogens is 6. The molecule has 0 aliphatic carbocycles. The summed E-state index contributed by atoms with van der Waals surface area (Å²) >= 11 is 0. The SMILES string of the molecule is CCc1c(Nc2cc(-n3nc(C)cc3C)ncn2)nn(C)c1-c1ccc(F)cc1. The molecule has 3 heterocycles. The Labute approximate surface area is 168 Å². The van der Waals surface area contributed by atoms with Gasteiger partial charge in [0.2, 0.25) is 0 Å². The molecule has 0 aliphatic heterocycles. The van der Waals surface area contributed by atoms with Crippen molar-refractivity contribution in [1.82, 2.24) is 29.5 Å². The first-order valence-electron chi connectivity index (χ1n) is 9.40. The standard InChI is InChI=1S/C21H22FN7/c1-5-17-20(15-6-8-16(22)9-7-15)28(4)27-21(17)25-18-11-19(24-12-23-18)29-14(3)10-13(2)26-29/h6-12H,5H2,1-4H3,(H,23,24,25,27).